The van der Waals surface area contributed by atoms with Crippen molar-refractivity contribution in [1.29, 1.82) is 0 Å². The summed E-state index contributed by atoms with van der Waals surface area (Å²) in [6.45, 7) is 0. The Morgan fingerprint density at radius 2 is 2.21 bits per heavy atom. The fraction of sp³-hybridized carbons (Fsp3) is 0.111. The Bertz CT molecular complexity index is 431. The summed E-state index contributed by atoms with van der Waals surface area (Å²) in [5.74, 6) is -0.310. The highest BCUT2D eigenvalue weighted by Gasteiger charge is 2.30. The van der Waals surface area contributed by atoms with E-state index in [-0.39, 0.29) is 12.3 Å². The van der Waals surface area contributed by atoms with Crippen LogP contribution in [0.3, 0.4) is 0 Å². The highest BCUT2D eigenvalue weighted by atomic mass is 35.5. The van der Waals surface area contributed by atoms with Crippen LogP contribution < -0.4 is 10.6 Å². The summed E-state index contributed by atoms with van der Waals surface area (Å²) in [5, 5.41) is 0.544. The number of carbonyl (C=O) groups is 2. The second-order valence-corrected chi connectivity index (χ2v) is 3.45. The number of urea groups is 1. The quantitative estimate of drug-likeness (QED) is 0.702. The molecule has 0 aliphatic carbocycles. The van der Waals surface area contributed by atoms with Gasteiger partial charge in [-0.3, -0.25) is 4.79 Å². The first kappa shape index (κ1) is 9.02. The van der Waals surface area contributed by atoms with E-state index in [1.165, 1.54) is 0 Å². The molecule has 0 aromatic heterocycles. The number of nitrogens with two attached hydrogens (primary N) is 1. The Labute approximate surface area is 85.2 Å². The van der Waals surface area contributed by atoms with Crippen LogP contribution in [0.2, 0.25) is 5.02 Å². The average molecular weight is 211 g/mol. The molecule has 0 saturated heterocycles. The van der Waals surface area contributed by atoms with Crippen LogP contribution in [-0.2, 0) is 11.2 Å². The number of rotatable bonds is 0. The van der Waals surface area contributed by atoms with Crippen molar-refractivity contribution in [2.75, 3.05) is 4.90 Å². The largest absolute Gasteiger partial charge is 0.351 e. The second kappa shape index (κ2) is 2.99. The van der Waals surface area contributed by atoms with Gasteiger partial charge in [-0.05, 0) is 23.8 Å². The third kappa shape index (κ3) is 1.24. The van der Waals surface area contributed by atoms with E-state index in [0.29, 0.717) is 10.7 Å². The number of nitrogens with zero attached hydrogens (tertiary/aromatic N) is 1. The van der Waals surface area contributed by atoms with Gasteiger partial charge in [0, 0.05) is 5.02 Å². The van der Waals surface area contributed by atoms with Crippen molar-refractivity contribution in [3.05, 3.63) is 28.8 Å². The van der Waals surface area contributed by atoms with Gasteiger partial charge in [-0.15, -0.1) is 0 Å². The lowest BCUT2D eigenvalue weighted by Gasteiger charge is -2.11. The van der Waals surface area contributed by atoms with Gasteiger partial charge in [0.05, 0.1) is 12.1 Å². The van der Waals surface area contributed by atoms with Crippen LogP contribution in [0.1, 0.15) is 5.56 Å². The summed E-state index contributed by atoms with van der Waals surface area (Å²) in [5.41, 5.74) is 6.35. The highest BCUT2D eigenvalue weighted by molar-refractivity contribution is 6.31. The van der Waals surface area contributed by atoms with Gasteiger partial charge in [0.15, 0.2) is 0 Å². The topological polar surface area (TPSA) is 63.4 Å². The fourth-order valence-electron chi connectivity index (χ4n) is 1.53. The minimum Gasteiger partial charge on any atom is -0.351 e. The molecule has 1 aromatic carbocycles. The summed E-state index contributed by atoms with van der Waals surface area (Å²) in [4.78, 5) is 23.3. The molecule has 14 heavy (non-hydrogen) atoms. The van der Waals surface area contributed by atoms with E-state index in [1.807, 2.05) is 0 Å². The van der Waals surface area contributed by atoms with Crippen molar-refractivity contribution in [3.8, 4) is 0 Å². The SMILES string of the molecule is NC(=O)N1C(=O)Cc2cc(Cl)ccc21. The van der Waals surface area contributed by atoms with Crippen molar-refractivity contribution in [2.45, 2.75) is 6.42 Å². The first-order chi connectivity index (χ1) is 6.59. The molecule has 5 heteroatoms. The van der Waals surface area contributed by atoms with Crippen LogP contribution >= 0.6 is 11.6 Å². The lowest BCUT2D eigenvalue weighted by molar-refractivity contribution is -0.116. The number of benzene rings is 1. The van der Waals surface area contributed by atoms with E-state index in [9.17, 15) is 9.59 Å². The molecular formula is C9H7ClN2O2. The van der Waals surface area contributed by atoms with E-state index >= 15 is 0 Å². The molecule has 1 aromatic rings. The third-order valence-electron chi connectivity index (χ3n) is 2.09. The summed E-state index contributed by atoms with van der Waals surface area (Å²) >= 11 is 5.75. The van der Waals surface area contributed by atoms with Gasteiger partial charge in [0.2, 0.25) is 5.91 Å². The Morgan fingerprint density at radius 3 is 2.86 bits per heavy atom. The first-order valence-corrected chi connectivity index (χ1v) is 4.38. The fourth-order valence-corrected chi connectivity index (χ4v) is 1.73. The van der Waals surface area contributed by atoms with E-state index in [1.54, 1.807) is 18.2 Å². The van der Waals surface area contributed by atoms with Crippen molar-refractivity contribution >= 4 is 29.2 Å². The maximum Gasteiger partial charge on any atom is 0.326 e. The van der Waals surface area contributed by atoms with Gasteiger partial charge in [-0.25, -0.2) is 9.69 Å². The number of imide groups is 1. The summed E-state index contributed by atoms with van der Waals surface area (Å²) in [6.07, 6.45) is 0.179. The Morgan fingerprint density at radius 1 is 1.50 bits per heavy atom. The van der Waals surface area contributed by atoms with Crippen molar-refractivity contribution < 1.29 is 9.59 Å². The smallest absolute Gasteiger partial charge is 0.326 e. The normalized spacial score (nSPS) is 14.4. The monoisotopic (exact) mass is 210 g/mol. The average Bonchev–Trinajstić information content (AvgIpc) is 2.39. The van der Waals surface area contributed by atoms with Gasteiger partial charge in [-0.2, -0.15) is 0 Å². The molecule has 72 valence electrons. The molecule has 4 nitrogen and oxygen atoms in total. The number of anilines is 1. The van der Waals surface area contributed by atoms with Gasteiger partial charge >= 0.3 is 6.03 Å². The van der Waals surface area contributed by atoms with Crippen molar-refractivity contribution in [3.63, 3.8) is 0 Å². The standard InChI is InChI=1S/C9H7ClN2O2/c10-6-1-2-7-5(3-6)4-8(13)12(7)9(11)14/h1-3H,4H2,(H2,11,14). The van der Waals surface area contributed by atoms with Crippen LogP contribution in [0.15, 0.2) is 18.2 Å². The second-order valence-electron chi connectivity index (χ2n) is 3.02. The number of fused-ring (bicyclic) bond motifs is 1. The van der Waals surface area contributed by atoms with Gasteiger partial charge in [-0.1, -0.05) is 11.6 Å². The number of amides is 3. The molecule has 0 unspecified atom stereocenters. The molecule has 2 N–H and O–H groups in total. The summed E-state index contributed by atoms with van der Waals surface area (Å²) in [6, 6.07) is 4.15. The zero-order valence-corrected chi connectivity index (χ0v) is 7.91. The summed E-state index contributed by atoms with van der Waals surface area (Å²) in [7, 11) is 0. The maximum atomic E-state index is 11.4. The number of carbonyl (C=O) groups excluding carboxylic acids is 2. The molecule has 0 bridgehead atoms. The number of primary amides is 1. The molecule has 1 heterocycles. The zero-order chi connectivity index (χ0) is 10.3. The molecular weight excluding hydrogens is 204 g/mol. The van der Waals surface area contributed by atoms with Crippen LogP contribution in [0.4, 0.5) is 10.5 Å². The van der Waals surface area contributed by atoms with Crippen LogP contribution in [0, 0.1) is 0 Å². The Hall–Kier alpha value is -1.55. The summed E-state index contributed by atoms with van der Waals surface area (Å²) < 4.78 is 0. The van der Waals surface area contributed by atoms with Crippen LogP contribution in [-0.4, -0.2) is 11.9 Å². The minimum atomic E-state index is -0.754. The highest BCUT2D eigenvalue weighted by Crippen LogP contribution is 2.30. The number of hydrogen-bond donors (Lipinski definition) is 1. The zero-order valence-electron chi connectivity index (χ0n) is 7.16. The van der Waals surface area contributed by atoms with E-state index in [2.05, 4.69) is 0 Å². The lowest BCUT2D eigenvalue weighted by Crippen LogP contribution is -2.38. The molecule has 0 atom stereocenters. The van der Waals surface area contributed by atoms with Gasteiger partial charge in [0.1, 0.15) is 0 Å². The maximum absolute atomic E-state index is 11.4. The van der Waals surface area contributed by atoms with Gasteiger partial charge < -0.3 is 5.73 Å². The van der Waals surface area contributed by atoms with Crippen molar-refractivity contribution in [2.24, 2.45) is 5.73 Å². The van der Waals surface area contributed by atoms with Crippen molar-refractivity contribution in [1.82, 2.24) is 0 Å². The molecule has 2 rings (SSSR count). The van der Waals surface area contributed by atoms with E-state index in [4.69, 9.17) is 17.3 Å². The van der Waals surface area contributed by atoms with Crippen LogP contribution in [0.25, 0.3) is 0 Å². The van der Waals surface area contributed by atoms with E-state index < -0.39 is 6.03 Å². The molecule has 0 spiro atoms. The van der Waals surface area contributed by atoms with Crippen LogP contribution in [0.5, 0.6) is 0 Å². The third-order valence-corrected chi connectivity index (χ3v) is 2.33. The molecule has 3 amide bonds. The Kier molecular flexibility index (Phi) is 1.93. The predicted octanol–water partition coefficient (Wildman–Crippen LogP) is 1.31. The number of hydrogen-bond acceptors (Lipinski definition) is 2. The molecule has 1 aliphatic rings. The molecule has 0 saturated carbocycles. The molecule has 0 radical (unpaired) electrons. The minimum absolute atomic E-state index is 0.179. The lowest BCUT2D eigenvalue weighted by atomic mass is 10.2. The molecule has 1 aliphatic heterocycles. The predicted molar refractivity (Wildman–Crippen MR) is 52.2 cm³/mol. The molecule has 0 fully saturated rings. The first-order valence-electron chi connectivity index (χ1n) is 4.00. The van der Waals surface area contributed by atoms with E-state index in [0.717, 1.165) is 10.5 Å². The number of halogens is 1. The Balaban J connectivity index is 2.53. The van der Waals surface area contributed by atoms with Gasteiger partial charge in [0.25, 0.3) is 0 Å².